The monoisotopic (exact) mass is 427 g/mol. The van der Waals surface area contributed by atoms with E-state index in [9.17, 15) is 9.59 Å². The molecule has 1 N–H and O–H groups in total. The predicted molar refractivity (Wildman–Crippen MR) is 115 cm³/mol. The maximum absolute atomic E-state index is 13.4. The molecule has 1 aliphatic heterocycles. The van der Waals surface area contributed by atoms with Crippen molar-refractivity contribution < 1.29 is 14.3 Å². The highest BCUT2D eigenvalue weighted by molar-refractivity contribution is 7.09. The molecule has 3 aromatic rings. The van der Waals surface area contributed by atoms with Gasteiger partial charge in [0.2, 0.25) is 0 Å². The lowest BCUT2D eigenvalue weighted by Gasteiger charge is -2.33. The number of hydrogen-bond acceptors (Lipinski definition) is 6. The fourth-order valence-corrected chi connectivity index (χ4v) is 4.49. The summed E-state index contributed by atoms with van der Waals surface area (Å²) in [6.07, 6.45) is 2.94. The molecule has 3 aromatic heterocycles. The quantitative estimate of drug-likeness (QED) is 0.675. The van der Waals surface area contributed by atoms with Crippen molar-refractivity contribution in [1.82, 2.24) is 25.0 Å². The normalized spacial score (nSPS) is 16.6. The van der Waals surface area contributed by atoms with Crippen LogP contribution in [0.3, 0.4) is 0 Å². The van der Waals surface area contributed by atoms with Gasteiger partial charge in [-0.25, -0.2) is 14.5 Å². The molecule has 0 radical (unpaired) electrons. The van der Waals surface area contributed by atoms with Crippen LogP contribution < -0.4 is 5.32 Å². The average molecular weight is 428 g/mol. The SMILES string of the molecule is CCOC(=O)NC1CCCN(C(=O)c2cc(C)nc3c2cnn3Cc2cccs2)C1. The van der Waals surface area contributed by atoms with E-state index in [1.54, 1.807) is 29.4 Å². The van der Waals surface area contributed by atoms with Gasteiger partial charge in [-0.3, -0.25) is 4.79 Å². The number of hydrogen-bond donors (Lipinski definition) is 1. The van der Waals surface area contributed by atoms with E-state index in [1.165, 1.54) is 4.88 Å². The molecule has 2 amide bonds. The van der Waals surface area contributed by atoms with Crippen LogP contribution in [0, 0.1) is 6.92 Å². The van der Waals surface area contributed by atoms with Gasteiger partial charge in [-0.2, -0.15) is 5.10 Å². The molecule has 9 heteroatoms. The Morgan fingerprint density at radius 3 is 3.03 bits per heavy atom. The molecule has 4 heterocycles. The van der Waals surface area contributed by atoms with Crippen molar-refractivity contribution in [2.24, 2.45) is 0 Å². The number of carbonyl (C=O) groups is 2. The number of piperidine rings is 1. The number of rotatable bonds is 5. The van der Waals surface area contributed by atoms with Crippen molar-refractivity contribution >= 4 is 34.4 Å². The van der Waals surface area contributed by atoms with E-state index in [1.807, 2.05) is 29.1 Å². The number of ether oxygens (including phenoxy) is 1. The number of nitrogens with one attached hydrogen (secondary N) is 1. The van der Waals surface area contributed by atoms with Crippen LogP contribution in [0.5, 0.6) is 0 Å². The second-order valence-corrected chi connectivity index (χ2v) is 8.42. The van der Waals surface area contributed by atoms with Crippen LogP contribution in [-0.4, -0.2) is 57.4 Å². The molecule has 0 bridgehead atoms. The molecule has 0 aromatic carbocycles. The van der Waals surface area contributed by atoms with E-state index in [4.69, 9.17) is 4.74 Å². The Bertz CT molecular complexity index is 1050. The molecule has 4 rings (SSSR count). The molecule has 1 atom stereocenters. The number of aromatic nitrogens is 3. The number of alkyl carbamates (subject to hydrolysis) is 1. The van der Waals surface area contributed by atoms with E-state index in [0.29, 0.717) is 37.5 Å². The zero-order valence-corrected chi connectivity index (χ0v) is 17.9. The lowest BCUT2D eigenvalue weighted by Crippen LogP contribution is -2.49. The van der Waals surface area contributed by atoms with Gasteiger partial charge in [0.1, 0.15) is 0 Å². The molecular formula is C21H25N5O3S. The topological polar surface area (TPSA) is 89.3 Å². The lowest BCUT2D eigenvalue weighted by molar-refractivity contribution is 0.0688. The predicted octanol–water partition coefficient (Wildman–Crippen LogP) is 3.20. The van der Waals surface area contributed by atoms with E-state index < -0.39 is 6.09 Å². The summed E-state index contributed by atoms with van der Waals surface area (Å²) in [6, 6.07) is 5.78. The van der Waals surface area contributed by atoms with Gasteiger partial charge in [-0.1, -0.05) is 6.07 Å². The van der Waals surface area contributed by atoms with Crippen molar-refractivity contribution in [1.29, 1.82) is 0 Å². The fraction of sp³-hybridized carbons (Fsp3) is 0.429. The molecule has 1 unspecified atom stereocenters. The Kier molecular flexibility index (Phi) is 5.98. The number of thiophene rings is 1. The Hall–Kier alpha value is -2.94. The van der Waals surface area contributed by atoms with Crippen molar-refractivity contribution in [3.8, 4) is 0 Å². The first kappa shape index (κ1) is 20.3. The minimum atomic E-state index is -0.436. The summed E-state index contributed by atoms with van der Waals surface area (Å²) in [5, 5.41) is 10.1. The van der Waals surface area contributed by atoms with Crippen LogP contribution in [-0.2, 0) is 11.3 Å². The summed E-state index contributed by atoms with van der Waals surface area (Å²) >= 11 is 1.67. The van der Waals surface area contributed by atoms with Gasteiger partial charge in [0, 0.05) is 29.7 Å². The first-order valence-corrected chi connectivity index (χ1v) is 11.0. The van der Waals surface area contributed by atoms with Crippen molar-refractivity contribution in [2.75, 3.05) is 19.7 Å². The molecule has 1 saturated heterocycles. The van der Waals surface area contributed by atoms with Gasteiger partial charge < -0.3 is 15.0 Å². The molecule has 0 saturated carbocycles. The van der Waals surface area contributed by atoms with Gasteiger partial charge in [-0.05, 0) is 44.2 Å². The molecule has 8 nitrogen and oxygen atoms in total. The minimum Gasteiger partial charge on any atom is -0.450 e. The number of amides is 2. The molecular weight excluding hydrogens is 402 g/mol. The first-order chi connectivity index (χ1) is 14.5. The number of likely N-dealkylation sites (tertiary alicyclic amines) is 1. The summed E-state index contributed by atoms with van der Waals surface area (Å²) in [6.45, 7) is 5.73. The summed E-state index contributed by atoms with van der Waals surface area (Å²) < 4.78 is 6.81. The highest BCUT2D eigenvalue weighted by atomic mass is 32.1. The van der Waals surface area contributed by atoms with Gasteiger partial charge in [0.15, 0.2) is 5.65 Å². The number of aryl methyl sites for hydroxylation is 1. The van der Waals surface area contributed by atoms with E-state index >= 15 is 0 Å². The van der Waals surface area contributed by atoms with Gasteiger partial charge >= 0.3 is 6.09 Å². The molecule has 30 heavy (non-hydrogen) atoms. The van der Waals surface area contributed by atoms with Crippen LogP contribution in [0.4, 0.5) is 4.79 Å². The lowest BCUT2D eigenvalue weighted by atomic mass is 10.0. The number of pyridine rings is 1. The zero-order valence-electron chi connectivity index (χ0n) is 17.1. The summed E-state index contributed by atoms with van der Waals surface area (Å²) in [4.78, 5) is 32.7. The van der Waals surface area contributed by atoms with Gasteiger partial charge in [-0.15, -0.1) is 11.3 Å². The summed E-state index contributed by atoms with van der Waals surface area (Å²) in [5.74, 6) is -0.0588. The second kappa shape index (κ2) is 8.83. The Balaban J connectivity index is 1.57. The van der Waals surface area contributed by atoms with E-state index in [-0.39, 0.29) is 11.9 Å². The molecule has 158 valence electrons. The Labute approximate surface area is 178 Å². The van der Waals surface area contributed by atoms with Crippen molar-refractivity contribution in [3.05, 3.63) is 45.9 Å². The highest BCUT2D eigenvalue weighted by Gasteiger charge is 2.27. The Morgan fingerprint density at radius 1 is 1.40 bits per heavy atom. The third-order valence-electron chi connectivity index (χ3n) is 5.16. The molecule has 0 spiro atoms. The van der Waals surface area contributed by atoms with Crippen LogP contribution in [0.1, 0.15) is 40.7 Å². The number of nitrogens with zero attached hydrogens (tertiary/aromatic N) is 4. The molecule has 1 aliphatic rings. The molecule has 1 fully saturated rings. The van der Waals surface area contributed by atoms with Crippen molar-refractivity contribution in [3.63, 3.8) is 0 Å². The van der Waals surface area contributed by atoms with Crippen LogP contribution >= 0.6 is 11.3 Å². The van der Waals surface area contributed by atoms with E-state index in [0.717, 1.165) is 23.9 Å². The Morgan fingerprint density at radius 2 is 2.27 bits per heavy atom. The maximum Gasteiger partial charge on any atom is 0.407 e. The number of fused-ring (bicyclic) bond motifs is 1. The number of carbonyl (C=O) groups excluding carboxylic acids is 2. The van der Waals surface area contributed by atoms with Crippen LogP contribution in [0.2, 0.25) is 0 Å². The van der Waals surface area contributed by atoms with Crippen LogP contribution in [0.25, 0.3) is 11.0 Å². The average Bonchev–Trinajstić information content (AvgIpc) is 3.38. The van der Waals surface area contributed by atoms with Gasteiger partial charge in [0.05, 0.1) is 30.3 Å². The van der Waals surface area contributed by atoms with Gasteiger partial charge in [0.25, 0.3) is 5.91 Å². The third kappa shape index (κ3) is 4.30. The van der Waals surface area contributed by atoms with E-state index in [2.05, 4.69) is 21.5 Å². The highest BCUT2D eigenvalue weighted by Crippen LogP contribution is 2.23. The zero-order chi connectivity index (χ0) is 21.1. The third-order valence-corrected chi connectivity index (χ3v) is 6.02. The molecule has 0 aliphatic carbocycles. The van der Waals surface area contributed by atoms with Crippen LogP contribution in [0.15, 0.2) is 29.8 Å². The summed E-state index contributed by atoms with van der Waals surface area (Å²) in [7, 11) is 0. The first-order valence-electron chi connectivity index (χ1n) is 10.1. The largest absolute Gasteiger partial charge is 0.450 e. The smallest absolute Gasteiger partial charge is 0.407 e. The van der Waals surface area contributed by atoms with Crippen molar-refractivity contribution in [2.45, 2.75) is 39.3 Å². The second-order valence-electron chi connectivity index (χ2n) is 7.39. The summed E-state index contributed by atoms with van der Waals surface area (Å²) in [5.41, 5.74) is 2.09. The maximum atomic E-state index is 13.4. The standard InChI is InChI=1S/C21H25N5O3S/c1-3-29-21(28)24-15-6-4-8-25(12-15)20(27)17-10-14(2)23-19-18(17)11-22-26(19)13-16-7-5-9-30-16/h5,7,9-11,15H,3-4,6,8,12-13H2,1-2H3,(H,24,28). The minimum absolute atomic E-state index is 0.0588. The fourth-order valence-electron chi connectivity index (χ4n) is 3.80.